The van der Waals surface area contributed by atoms with Crippen LogP contribution in [-0.2, 0) is 0 Å². The molecular weight excluding hydrogens is 170 g/mol. The summed E-state index contributed by atoms with van der Waals surface area (Å²) in [5.74, 6) is 0. The minimum Gasteiger partial charge on any atom is -0.256 e. The second-order valence-electron chi connectivity index (χ2n) is 2.82. The SMILES string of the molecule is CC.Cc1cnc2c(c1)C=C=CC=C2. The molecule has 0 fully saturated rings. The molecule has 0 saturated carbocycles. The van der Waals surface area contributed by atoms with Crippen LogP contribution >= 0.6 is 0 Å². The van der Waals surface area contributed by atoms with E-state index in [0.29, 0.717) is 0 Å². The van der Waals surface area contributed by atoms with Gasteiger partial charge >= 0.3 is 0 Å². The Hall–Kier alpha value is -1.59. The predicted octanol–water partition coefficient (Wildman–Crippen LogP) is 3.61. The second kappa shape index (κ2) is 5.21. The minimum absolute atomic E-state index is 1.02. The summed E-state index contributed by atoms with van der Waals surface area (Å²) in [5, 5.41) is 0. The van der Waals surface area contributed by atoms with E-state index in [4.69, 9.17) is 0 Å². The van der Waals surface area contributed by atoms with E-state index in [1.807, 2.05) is 51.3 Å². The third kappa shape index (κ3) is 2.45. The van der Waals surface area contributed by atoms with Crippen molar-refractivity contribution in [2.45, 2.75) is 20.8 Å². The highest BCUT2D eigenvalue weighted by Crippen LogP contribution is 2.13. The van der Waals surface area contributed by atoms with Gasteiger partial charge in [-0.2, -0.15) is 0 Å². The van der Waals surface area contributed by atoms with Crippen LogP contribution in [0.5, 0.6) is 0 Å². The molecule has 0 bridgehead atoms. The van der Waals surface area contributed by atoms with Gasteiger partial charge in [-0.3, -0.25) is 4.98 Å². The Bertz CT molecular complexity index is 394. The van der Waals surface area contributed by atoms with Gasteiger partial charge < -0.3 is 0 Å². The zero-order chi connectivity index (χ0) is 10.4. The van der Waals surface area contributed by atoms with E-state index in [0.717, 1.165) is 11.3 Å². The van der Waals surface area contributed by atoms with Crippen LogP contribution in [0.15, 0.2) is 30.1 Å². The van der Waals surface area contributed by atoms with Crippen molar-refractivity contribution < 1.29 is 0 Å². The highest BCUT2D eigenvalue weighted by Gasteiger charge is 1.98. The molecule has 1 aromatic rings. The van der Waals surface area contributed by atoms with E-state index < -0.39 is 0 Å². The van der Waals surface area contributed by atoms with Crippen molar-refractivity contribution in [3.05, 3.63) is 47.0 Å². The Kier molecular flexibility index (Phi) is 3.90. The molecule has 1 nitrogen and oxygen atoms in total. The molecule has 1 aliphatic rings. The van der Waals surface area contributed by atoms with Gasteiger partial charge in [0, 0.05) is 11.8 Å². The maximum absolute atomic E-state index is 4.30. The first kappa shape index (κ1) is 10.5. The number of hydrogen-bond acceptors (Lipinski definition) is 1. The van der Waals surface area contributed by atoms with Crippen molar-refractivity contribution in [2.24, 2.45) is 0 Å². The zero-order valence-electron chi connectivity index (χ0n) is 8.91. The van der Waals surface area contributed by atoms with Crippen LogP contribution in [0.1, 0.15) is 30.7 Å². The Morgan fingerprint density at radius 3 is 2.86 bits per heavy atom. The van der Waals surface area contributed by atoms with Crippen molar-refractivity contribution in [2.75, 3.05) is 0 Å². The van der Waals surface area contributed by atoms with Crippen LogP contribution in [-0.4, -0.2) is 4.98 Å². The highest BCUT2D eigenvalue weighted by atomic mass is 14.7. The first-order chi connectivity index (χ1) is 6.86. The van der Waals surface area contributed by atoms with Crippen molar-refractivity contribution in [3.8, 4) is 0 Å². The van der Waals surface area contributed by atoms with Gasteiger partial charge in [0.2, 0.25) is 0 Å². The molecule has 14 heavy (non-hydrogen) atoms. The summed E-state index contributed by atoms with van der Waals surface area (Å²) in [5.41, 5.74) is 6.39. The van der Waals surface area contributed by atoms with Gasteiger partial charge in [0.25, 0.3) is 0 Å². The molecule has 0 saturated heterocycles. The molecule has 1 aromatic heterocycles. The Morgan fingerprint density at radius 2 is 2.07 bits per heavy atom. The summed E-state index contributed by atoms with van der Waals surface area (Å²) >= 11 is 0. The van der Waals surface area contributed by atoms with Gasteiger partial charge in [-0.25, -0.2) is 0 Å². The third-order valence-corrected chi connectivity index (χ3v) is 1.77. The summed E-state index contributed by atoms with van der Waals surface area (Å²) < 4.78 is 0. The fourth-order valence-corrected chi connectivity index (χ4v) is 1.19. The largest absolute Gasteiger partial charge is 0.256 e. The van der Waals surface area contributed by atoms with Crippen LogP contribution in [0.25, 0.3) is 12.2 Å². The summed E-state index contributed by atoms with van der Waals surface area (Å²) in [6.07, 6.45) is 9.66. The van der Waals surface area contributed by atoms with Crippen LogP contribution < -0.4 is 0 Å². The van der Waals surface area contributed by atoms with Gasteiger partial charge in [0.1, 0.15) is 0 Å². The summed E-state index contributed by atoms with van der Waals surface area (Å²) in [6, 6.07) is 2.11. The predicted molar refractivity (Wildman–Crippen MR) is 61.9 cm³/mol. The maximum atomic E-state index is 4.30. The lowest BCUT2D eigenvalue weighted by Gasteiger charge is -1.98. The van der Waals surface area contributed by atoms with Gasteiger partial charge in [-0.15, -0.1) is 5.73 Å². The van der Waals surface area contributed by atoms with E-state index in [2.05, 4.69) is 16.8 Å². The molecule has 0 atom stereocenters. The zero-order valence-corrected chi connectivity index (χ0v) is 8.91. The lowest BCUT2D eigenvalue weighted by molar-refractivity contribution is 1.23. The first-order valence-corrected chi connectivity index (χ1v) is 4.92. The molecule has 0 N–H and O–H groups in total. The second-order valence-corrected chi connectivity index (χ2v) is 2.82. The van der Waals surface area contributed by atoms with Crippen molar-refractivity contribution in [1.29, 1.82) is 0 Å². The molecule has 1 aliphatic carbocycles. The number of pyridine rings is 1. The number of rotatable bonds is 0. The van der Waals surface area contributed by atoms with Gasteiger partial charge in [-0.05, 0) is 36.8 Å². The van der Waals surface area contributed by atoms with Crippen LogP contribution in [0.3, 0.4) is 0 Å². The van der Waals surface area contributed by atoms with E-state index in [1.54, 1.807) is 0 Å². The van der Waals surface area contributed by atoms with E-state index in [9.17, 15) is 0 Å². The van der Waals surface area contributed by atoms with Crippen LogP contribution in [0.4, 0.5) is 0 Å². The molecule has 0 aromatic carbocycles. The summed E-state index contributed by atoms with van der Waals surface area (Å²) in [6.45, 7) is 6.04. The van der Waals surface area contributed by atoms with Crippen molar-refractivity contribution in [1.82, 2.24) is 4.98 Å². The molecule has 1 heterocycles. The number of hydrogen-bond donors (Lipinski definition) is 0. The van der Waals surface area contributed by atoms with Gasteiger partial charge in [0.05, 0.1) is 5.69 Å². The first-order valence-electron chi connectivity index (χ1n) is 4.92. The van der Waals surface area contributed by atoms with Crippen molar-refractivity contribution in [3.63, 3.8) is 0 Å². The fraction of sp³-hybridized carbons (Fsp3) is 0.231. The molecule has 0 aliphatic heterocycles. The molecular formula is C13H15N. The average Bonchev–Trinajstić information content (AvgIpc) is 2.45. The smallest absolute Gasteiger partial charge is 0.0708 e. The lowest BCUT2D eigenvalue weighted by atomic mass is 10.1. The normalized spacial score (nSPS) is 11.4. The molecule has 0 spiro atoms. The number of fused-ring (bicyclic) bond motifs is 1. The Labute approximate surface area is 85.5 Å². The van der Waals surface area contributed by atoms with Crippen LogP contribution in [0, 0.1) is 6.92 Å². The van der Waals surface area contributed by atoms with E-state index in [-0.39, 0.29) is 0 Å². The number of allylic oxidation sites excluding steroid dienone is 2. The number of aryl methyl sites for hydroxylation is 1. The molecule has 0 radical (unpaired) electrons. The maximum Gasteiger partial charge on any atom is 0.0708 e. The molecule has 1 heteroatoms. The molecule has 2 rings (SSSR count). The highest BCUT2D eigenvalue weighted by molar-refractivity contribution is 5.65. The van der Waals surface area contributed by atoms with E-state index >= 15 is 0 Å². The molecule has 72 valence electrons. The van der Waals surface area contributed by atoms with Gasteiger partial charge in [0.15, 0.2) is 0 Å². The Balaban J connectivity index is 0.000000461. The molecule has 0 amide bonds. The Morgan fingerprint density at radius 1 is 1.29 bits per heavy atom. The lowest BCUT2D eigenvalue weighted by Crippen LogP contribution is -1.86. The topological polar surface area (TPSA) is 12.9 Å². The number of aromatic nitrogens is 1. The standard InChI is InChI=1S/C11H9N.C2H6/c1-9-7-10-5-3-2-4-6-11(10)12-8-9;1-2/h2,4-8H,1H3;1-2H3. The monoisotopic (exact) mass is 185 g/mol. The van der Waals surface area contributed by atoms with E-state index in [1.165, 1.54) is 5.56 Å². The average molecular weight is 185 g/mol. The summed E-state index contributed by atoms with van der Waals surface area (Å²) in [7, 11) is 0. The fourth-order valence-electron chi connectivity index (χ4n) is 1.19. The summed E-state index contributed by atoms with van der Waals surface area (Å²) in [4.78, 5) is 4.30. The van der Waals surface area contributed by atoms with Crippen molar-refractivity contribution >= 4 is 12.2 Å². The minimum atomic E-state index is 1.02. The van der Waals surface area contributed by atoms with Crippen LogP contribution in [0.2, 0.25) is 0 Å². The quantitative estimate of drug-likeness (QED) is 0.563. The third-order valence-electron chi connectivity index (χ3n) is 1.77. The van der Waals surface area contributed by atoms with Gasteiger partial charge in [-0.1, -0.05) is 19.9 Å². The molecule has 0 unspecified atom stereocenters. The number of nitrogens with zero attached hydrogens (tertiary/aromatic N) is 1.